The minimum atomic E-state index is 0.729. The van der Waals surface area contributed by atoms with Crippen molar-refractivity contribution in [3.05, 3.63) is 41.6 Å². The second-order valence-electron chi connectivity index (χ2n) is 7.55. The number of rotatable bonds is 6. The summed E-state index contributed by atoms with van der Waals surface area (Å²) >= 11 is 0. The molecule has 3 heterocycles. The van der Waals surface area contributed by atoms with Crippen LogP contribution in [0.3, 0.4) is 0 Å². The number of nitrogens with zero attached hydrogens (tertiary/aromatic N) is 6. The van der Waals surface area contributed by atoms with E-state index in [9.17, 15) is 0 Å². The summed E-state index contributed by atoms with van der Waals surface area (Å²) in [6.45, 7) is 10.3. The van der Waals surface area contributed by atoms with Crippen molar-refractivity contribution in [2.75, 3.05) is 42.9 Å². The van der Waals surface area contributed by atoms with Crippen LogP contribution in [0.25, 0.3) is 11.0 Å². The van der Waals surface area contributed by atoms with Crippen LogP contribution < -0.4 is 10.2 Å². The van der Waals surface area contributed by atoms with Crippen molar-refractivity contribution in [2.45, 2.75) is 26.8 Å². The maximum absolute atomic E-state index is 4.88. The quantitative estimate of drug-likeness (QED) is 0.711. The molecule has 0 spiro atoms. The van der Waals surface area contributed by atoms with Crippen molar-refractivity contribution >= 4 is 22.8 Å². The smallest absolute Gasteiger partial charge is 0.229 e. The zero-order valence-electron chi connectivity index (χ0n) is 17.0. The summed E-state index contributed by atoms with van der Waals surface area (Å²) in [6, 6.07) is 8.54. The van der Waals surface area contributed by atoms with Gasteiger partial charge in [-0.3, -0.25) is 9.58 Å². The molecular formula is C21H29N7. The topological polar surface area (TPSA) is 62.1 Å². The molecule has 7 heteroatoms. The summed E-state index contributed by atoms with van der Waals surface area (Å²) in [7, 11) is 1.93. The predicted octanol–water partition coefficient (Wildman–Crippen LogP) is 2.82. The minimum Gasteiger partial charge on any atom is -0.365 e. The largest absolute Gasteiger partial charge is 0.365 e. The lowest BCUT2D eigenvalue weighted by atomic mass is 10.1. The SMILES string of the molecule is CCCN1CCN(c2nc(NCc3cccc(C)c3)c3cnn(C)c3n2)CC1. The lowest BCUT2D eigenvalue weighted by Crippen LogP contribution is -2.47. The van der Waals surface area contributed by atoms with E-state index >= 15 is 0 Å². The number of nitrogens with one attached hydrogen (secondary N) is 1. The average Bonchev–Trinajstić information content (AvgIpc) is 3.08. The van der Waals surface area contributed by atoms with E-state index in [4.69, 9.17) is 9.97 Å². The molecule has 0 bridgehead atoms. The summed E-state index contributed by atoms with van der Waals surface area (Å²) in [5, 5.41) is 8.87. The van der Waals surface area contributed by atoms with Gasteiger partial charge in [-0.1, -0.05) is 36.8 Å². The van der Waals surface area contributed by atoms with Crippen LogP contribution in [0.5, 0.6) is 0 Å². The van der Waals surface area contributed by atoms with Gasteiger partial charge in [0.25, 0.3) is 0 Å². The van der Waals surface area contributed by atoms with Crippen molar-refractivity contribution in [1.82, 2.24) is 24.6 Å². The lowest BCUT2D eigenvalue weighted by Gasteiger charge is -2.34. The van der Waals surface area contributed by atoms with Crippen molar-refractivity contribution in [3.8, 4) is 0 Å². The normalized spacial score (nSPS) is 15.3. The third kappa shape index (κ3) is 3.94. The zero-order chi connectivity index (χ0) is 19.5. The second kappa shape index (κ2) is 8.14. The van der Waals surface area contributed by atoms with Gasteiger partial charge in [-0.2, -0.15) is 15.1 Å². The van der Waals surface area contributed by atoms with E-state index in [1.807, 2.05) is 17.9 Å². The molecule has 1 aromatic carbocycles. The van der Waals surface area contributed by atoms with Crippen LogP contribution in [0.15, 0.2) is 30.5 Å². The Labute approximate surface area is 166 Å². The first-order valence-corrected chi connectivity index (χ1v) is 10.1. The third-order valence-corrected chi connectivity index (χ3v) is 5.32. The fourth-order valence-corrected chi connectivity index (χ4v) is 3.78. The zero-order valence-corrected chi connectivity index (χ0v) is 17.0. The van der Waals surface area contributed by atoms with Gasteiger partial charge in [-0.25, -0.2) is 0 Å². The van der Waals surface area contributed by atoms with Crippen LogP contribution in [-0.4, -0.2) is 57.4 Å². The Hall–Kier alpha value is -2.67. The molecular weight excluding hydrogens is 350 g/mol. The van der Waals surface area contributed by atoms with Crippen molar-refractivity contribution < 1.29 is 0 Å². The van der Waals surface area contributed by atoms with E-state index in [2.05, 4.69) is 58.3 Å². The number of hydrogen-bond acceptors (Lipinski definition) is 6. The molecule has 1 aliphatic rings. The van der Waals surface area contributed by atoms with Gasteiger partial charge < -0.3 is 10.2 Å². The molecule has 1 fully saturated rings. The van der Waals surface area contributed by atoms with Gasteiger partial charge in [-0.15, -0.1) is 0 Å². The maximum atomic E-state index is 4.88. The standard InChI is InChI=1S/C21H29N7/c1-4-8-27-9-11-28(12-10-27)21-24-19(18-15-23-26(3)20(18)25-21)22-14-17-7-5-6-16(2)13-17/h5-7,13,15H,4,8-12,14H2,1-3H3,(H,22,24,25). The molecule has 1 aliphatic heterocycles. The lowest BCUT2D eigenvalue weighted by molar-refractivity contribution is 0.257. The molecule has 0 amide bonds. The Morgan fingerprint density at radius 2 is 1.93 bits per heavy atom. The van der Waals surface area contributed by atoms with E-state index < -0.39 is 0 Å². The number of hydrogen-bond donors (Lipinski definition) is 1. The monoisotopic (exact) mass is 379 g/mol. The van der Waals surface area contributed by atoms with Crippen LogP contribution in [0.2, 0.25) is 0 Å². The number of aromatic nitrogens is 4. The van der Waals surface area contributed by atoms with Gasteiger partial charge in [-0.05, 0) is 25.5 Å². The Morgan fingerprint density at radius 1 is 1.11 bits per heavy atom. The summed E-state index contributed by atoms with van der Waals surface area (Å²) < 4.78 is 1.83. The first kappa shape index (κ1) is 18.7. The van der Waals surface area contributed by atoms with E-state index in [-0.39, 0.29) is 0 Å². The molecule has 7 nitrogen and oxygen atoms in total. The highest BCUT2D eigenvalue weighted by Gasteiger charge is 2.21. The van der Waals surface area contributed by atoms with Gasteiger partial charge in [0.1, 0.15) is 5.82 Å². The molecule has 1 N–H and O–H groups in total. The molecule has 0 radical (unpaired) electrons. The molecule has 148 valence electrons. The van der Waals surface area contributed by atoms with Gasteiger partial charge in [0.15, 0.2) is 5.65 Å². The van der Waals surface area contributed by atoms with Crippen LogP contribution in [0, 0.1) is 6.92 Å². The molecule has 0 unspecified atom stereocenters. The summed E-state index contributed by atoms with van der Waals surface area (Å²) in [6.07, 6.45) is 3.04. The van der Waals surface area contributed by atoms with Crippen LogP contribution in [0.1, 0.15) is 24.5 Å². The number of piperazine rings is 1. The highest BCUT2D eigenvalue weighted by atomic mass is 15.4. The third-order valence-electron chi connectivity index (χ3n) is 5.32. The van der Waals surface area contributed by atoms with Crippen LogP contribution >= 0.6 is 0 Å². The first-order chi connectivity index (χ1) is 13.6. The van der Waals surface area contributed by atoms with E-state index in [0.29, 0.717) is 0 Å². The number of anilines is 2. The number of benzene rings is 1. The summed E-state index contributed by atoms with van der Waals surface area (Å²) in [5.74, 6) is 1.64. The van der Waals surface area contributed by atoms with Crippen molar-refractivity contribution in [3.63, 3.8) is 0 Å². The molecule has 1 saturated heterocycles. The molecule has 0 saturated carbocycles. The van der Waals surface area contributed by atoms with E-state index in [0.717, 1.165) is 55.5 Å². The molecule has 4 rings (SSSR count). The van der Waals surface area contributed by atoms with E-state index in [1.54, 1.807) is 0 Å². The van der Waals surface area contributed by atoms with Gasteiger partial charge in [0.2, 0.25) is 5.95 Å². The fourth-order valence-electron chi connectivity index (χ4n) is 3.78. The van der Waals surface area contributed by atoms with Crippen molar-refractivity contribution in [2.24, 2.45) is 7.05 Å². The number of aryl methyl sites for hydroxylation is 2. The average molecular weight is 380 g/mol. The minimum absolute atomic E-state index is 0.729. The molecule has 2 aromatic heterocycles. The Morgan fingerprint density at radius 3 is 2.68 bits per heavy atom. The Balaban J connectivity index is 1.57. The van der Waals surface area contributed by atoms with Crippen LogP contribution in [-0.2, 0) is 13.6 Å². The molecule has 0 atom stereocenters. The molecule has 0 aliphatic carbocycles. The van der Waals surface area contributed by atoms with Gasteiger partial charge in [0.05, 0.1) is 11.6 Å². The van der Waals surface area contributed by atoms with Crippen LogP contribution in [0.4, 0.5) is 11.8 Å². The summed E-state index contributed by atoms with van der Waals surface area (Å²) in [5.41, 5.74) is 3.37. The Bertz CT molecular complexity index is 941. The molecule has 28 heavy (non-hydrogen) atoms. The molecule has 3 aromatic rings. The highest BCUT2D eigenvalue weighted by Crippen LogP contribution is 2.24. The first-order valence-electron chi connectivity index (χ1n) is 10.1. The summed E-state index contributed by atoms with van der Waals surface area (Å²) in [4.78, 5) is 14.5. The van der Waals surface area contributed by atoms with Gasteiger partial charge in [0, 0.05) is 39.8 Å². The number of fused-ring (bicyclic) bond motifs is 1. The predicted molar refractivity (Wildman–Crippen MR) is 114 cm³/mol. The second-order valence-corrected chi connectivity index (χ2v) is 7.55. The maximum Gasteiger partial charge on any atom is 0.229 e. The van der Waals surface area contributed by atoms with Crippen molar-refractivity contribution in [1.29, 1.82) is 0 Å². The van der Waals surface area contributed by atoms with Gasteiger partial charge >= 0.3 is 0 Å². The highest BCUT2D eigenvalue weighted by molar-refractivity contribution is 5.87. The van der Waals surface area contributed by atoms with E-state index in [1.165, 1.54) is 24.1 Å². The fraction of sp³-hybridized carbons (Fsp3) is 0.476. The Kier molecular flexibility index (Phi) is 5.43.